The molecule has 1 unspecified atom stereocenters. The molecule has 0 aromatic heterocycles. The number of hydrogen-bond acceptors (Lipinski definition) is 2. The molecule has 0 bridgehead atoms. The lowest BCUT2D eigenvalue weighted by Crippen LogP contribution is -2.30. The number of halogens is 2. The van der Waals surface area contributed by atoms with Gasteiger partial charge in [0.15, 0.2) is 0 Å². The molecule has 0 radical (unpaired) electrons. The number of hydrogen-bond donors (Lipinski definition) is 2. The minimum absolute atomic E-state index is 0.383. The third-order valence-electron chi connectivity index (χ3n) is 2.84. The molecular weight excluding hydrogens is 261 g/mol. The SMILES string of the molecule is O=C(O)C(NCC1CC1)c1c(Cl)cccc1Cl. The summed E-state index contributed by atoms with van der Waals surface area (Å²) in [5, 5.41) is 13.0. The molecule has 3 nitrogen and oxygen atoms in total. The van der Waals surface area contributed by atoms with Gasteiger partial charge in [-0.15, -0.1) is 0 Å². The number of aliphatic carboxylic acids is 1. The van der Waals surface area contributed by atoms with Crippen molar-refractivity contribution in [3.63, 3.8) is 0 Å². The summed E-state index contributed by atoms with van der Waals surface area (Å²) >= 11 is 12.0. The lowest BCUT2D eigenvalue weighted by atomic mass is 10.1. The van der Waals surface area contributed by atoms with Gasteiger partial charge in [0.25, 0.3) is 0 Å². The zero-order chi connectivity index (χ0) is 12.4. The van der Waals surface area contributed by atoms with Crippen LogP contribution in [0, 0.1) is 5.92 Å². The zero-order valence-corrected chi connectivity index (χ0v) is 10.6. The summed E-state index contributed by atoms with van der Waals surface area (Å²) in [6.07, 6.45) is 2.32. The molecule has 92 valence electrons. The predicted molar refractivity (Wildman–Crippen MR) is 67.6 cm³/mol. The van der Waals surface area contributed by atoms with Crippen molar-refractivity contribution in [2.75, 3.05) is 6.54 Å². The van der Waals surface area contributed by atoms with E-state index in [-0.39, 0.29) is 0 Å². The molecular formula is C12H13Cl2NO2. The highest BCUT2D eigenvalue weighted by Crippen LogP contribution is 2.32. The van der Waals surface area contributed by atoms with Crippen LogP contribution < -0.4 is 5.32 Å². The topological polar surface area (TPSA) is 49.3 Å². The summed E-state index contributed by atoms with van der Waals surface area (Å²) in [6.45, 7) is 0.693. The monoisotopic (exact) mass is 273 g/mol. The minimum atomic E-state index is -0.958. The summed E-state index contributed by atoms with van der Waals surface area (Å²) in [5.74, 6) is -0.362. The molecule has 2 rings (SSSR count). The highest BCUT2D eigenvalue weighted by atomic mass is 35.5. The molecule has 5 heteroatoms. The van der Waals surface area contributed by atoms with Crippen LogP contribution in [-0.2, 0) is 4.79 Å². The van der Waals surface area contributed by atoms with E-state index in [0.29, 0.717) is 28.1 Å². The van der Waals surface area contributed by atoms with Crippen molar-refractivity contribution in [1.82, 2.24) is 5.32 Å². The highest BCUT2D eigenvalue weighted by molar-refractivity contribution is 6.36. The molecule has 1 aromatic carbocycles. The molecule has 1 aliphatic rings. The molecule has 1 aromatic rings. The Morgan fingerprint density at radius 1 is 1.41 bits per heavy atom. The van der Waals surface area contributed by atoms with Crippen LogP contribution in [0.25, 0.3) is 0 Å². The van der Waals surface area contributed by atoms with E-state index in [1.165, 1.54) is 0 Å². The first-order valence-electron chi connectivity index (χ1n) is 5.49. The van der Waals surface area contributed by atoms with Crippen molar-refractivity contribution in [3.8, 4) is 0 Å². The van der Waals surface area contributed by atoms with Gasteiger partial charge >= 0.3 is 5.97 Å². The quantitative estimate of drug-likeness (QED) is 0.867. The Balaban J connectivity index is 2.21. The first-order valence-corrected chi connectivity index (χ1v) is 6.25. The number of carboxylic acids is 1. The van der Waals surface area contributed by atoms with Crippen LogP contribution >= 0.6 is 23.2 Å². The molecule has 0 amide bonds. The molecule has 0 heterocycles. The van der Waals surface area contributed by atoms with Gasteiger partial charge in [0, 0.05) is 15.6 Å². The Morgan fingerprint density at radius 3 is 2.47 bits per heavy atom. The summed E-state index contributed by atoms with van der Waals surface area (Å²) in [5.41, 5.74) is 0.448. The van der Waals surface area contributed by atoms with E-state index in [9.17, 15) is 9.90 Å². The fourth-order valence-corrected chi connectivity index (χ4v) is 2.32. The molecule has 1 saturated carbocycles. The van der Waals surface area contributed by atoms with Crippen molar-refractivity contribution in [2.45, 2.75) is 18.9 Å². The second kappa shape index (κ2) is 5.25. The summed E-state index contributed by atoms with van der Waals surface area (Å²) in [6, 6.07) is 4.17. The van der Waals surface area contributed by atoms with Gasteiger partial charge < -0.3 is 10.4 Å². The maximum absolute atomic E-state index is 11.3. The number of carbonyl (C=O) groups is 1. The second-order valence-corrected chi connectivity index (χ2v) is 5.07. The van der Waals surface area contributed by atoms with Crippen molar-refractivity contribution in [3.05, 3.63) is 33.8 Å². The van der Waals surface area contributed by atoms with Gasteiger partial charge in [-0.2, -0.15) is 0 Å². The van der Waals surface area contributed by atoms with Gasteiger partial charge in [0.2, 0.25) is 0 Å². The van der Waals surface area contributed by atoms with Crippen LogP contribution in [0.4, 0.5) is 0 Å². The van der Waals surface area contributed by atoms with Crippen LogP contribution in [-0.4, -0.2) is 17.6 Å². The average Bonchev–Trinajstić information content (AvgIpc) is 3.05. The van der Waals surface area contributed by atoms with Crippen LogP contribution in [0.5, 0.6) is 0 Å². The van der Waals surface area contributed by atoms with E-state index in [4.69, 9.17) is 23.2 Å². The van der Waals surface area contributed by atoms with E-state index >= 15 is 0 Å². The van der Waals surface area contributed by atoms with Gasteiger partial charge in [-0.05, 0) is 37.4 Å². The van der Waals surface area contributed by atoms with E-state index < -0.39 is 12.0 Å². The Morgan fingerprint density at radius 2 is 2.00 bits per heavy atom. The summed E-state index contributed by atoms with van der Waals surface area (Å²) < 4.78 is 0. The number of rotatable bonds is 5. The minimum Gasteiger partial charge on any atom is -0.480 e. The predicted octanol–water partition coefficient (Wildman–Crippen LogP) is 3.12. The summed E-state index contributed by atoms with van der Waals surface area (Å²) in [7, 11) is 0. The Bertz CT molecular complexity index is 412. The maximum Gasteiger partial charge on any atom is 0.325 e. The fraction of sp³-hybridized carbons (Fsp3) is 0.417. The molecule has 2 N–H and O–H groups in total. The standard InChI is InChI=1S/C12H13Cl2NO2/c13-8-2-1-3-9(14)10(8)11(12(16)17)15-6-7-4-5-7/h1-3,7,11,15H,4-6H2,(H,16,17). The first kappa shape index (κ1) is 12.7. The number of carboxylic acid groups (broad SMARTS) is 1. The van der Waals surface area contributed by atoms with Gasteiger partial charge in [-0.25, -0.2) is 0 Å². The molecule has 0 aliphatic heterocycles. The third kappa shape index (κ3) is 3.12. The number of nitrogens with one attached hydrogen (secondary N) is 1. The number of benzene rings is 1. The molecule has 1 fully saturated rings. The Hall–Kier alpha value is -0.770. The molecule has 0 spiro atoms. The molecule has 0 saturated heterocycles. The Kier molecular flexibility index (Phi) is 3.92. The van der Waals surface area contributed by atoms with Crippen LogP contribution in [0.2, 0.25) is 10.0 Å². The van der Waals surface area contributed by atoms with Crippen molar-refractivity contribution in [1.29, 1.82) is 0 Å². The van der Waals surface area contributed by atoms with E-state index in [0.717, 1.165) is 12.8 Å². The maximum atomic E-state index is 11.3. The third-order valence-corrected chi connectivity index (χ3v) is 3.50. The zero-order valence-electron chi connectivity index (χ0n) is 9.12. The average molecular weight is 274 g/mol. The fourth-order valence-electron chi connectivity index (χ4n) is 1.71. The Labute approximate surface area is 110 Å². The van der Waals surface area contributed by atoms with Crippen molar-refractivity contribution in [2.24, 2.45) is 5.92 Å². The normalized spacial score (nSPS) is 16.8. The van der Waals surface area contributed by atoms with Gasteiger partial charge in [-0.3, -0.25) is 4.79 Å². The second-order valence-electron chi connectivity index (χ2n) is 4.26. The van der Waals surface area contributed by atoms with Gasteiger partial charge in [-0.1, -0.05) is 29.3 Å². The van der Waals surface area contributed by atoms with E-state index in [2.05, 4.69) is 5.32 Å². The van der Waals surface area contributed by atoms with E-state index in [1.54, 1.807) is 18.2 Å². The van der Waals surface area contributed by atoms with Crippen LogP contribution in [0.1, 0.15) is 24.4 Å². The summed E-state index contributed by atoms with van der Waals surface area (Å²) in [4.78, 5) is 11.3. The first-order chi connectivity index (χ1) is 8.09. The van der Waals surface area contributed by atoms with Crippen LogP contribution in [0.15, 0.2) is 18.2 Å². The highest BCUT2D eigenvalue weighted by Gasteiger charge is 2.28. The molecule has 1 aliphatic carbocycles. The van der Waals surface area contributed by atoms with Gasteiger partial charge in [0.1, 0.15) is 6.04 Å². The smallest absolute Gasteiger partial charge is 0.325 e. The molecule has 1 atom stereocenters. The van der Waals surface area contributed by atoms with Gasteiger partial charge in [0.05, 0.1) is 0 Å². The lowest BCUT2D eigenvalue weighted by molar-refractivity contribution is -0.139. The largest absolute Gasteiger partial charge is 0.480 e. The lowest BCUT2D eigenvalue weighted by Gasteiger charge is -2.17. The van der Waals surface area contributed by atoms with Crippen molar-refractivity contribution < 1.29 is 9.90 Å². The molecule has 17 heavy (non-hydrogen) atoms. The van der Waals surface area contributed by atoms with E-state index in [1.807, 2.05) is 0 Å². The van der Waals surface area contributed by atoms with Crippen LogP contribution in [0.3, 0.4) is 0 Å². The van der Waals surface area contributed by atoms with Crippen molar-refractivity contribution >= 4 is 29.2 Å².